The Labute approximate surface area is 277 Å². The van der Waals surface area contributed by atoms with Gasteiger partial charge in [-0.1, -0.05) is 111 Å². The number of hydrogen-bond acceptors (Lipinski definition) is 2. The topological polar surface area (TPSA) is 40.6 Å². The summed E-state index contributed by atoms with van der Waals surface area (Å²) in [6.45, 7) is 40.3. The van der Waals surface area contributed by atoms with Crippen LogP contribution < -0.4 is 0 Å². The first kappa shape index (κ1) is 37.2. The van der Waals surface area contributed by atoms with E-state index in [1.54, 1.807) is 0 Å². The van der Waals surface area contributed by atoms with Crippen molar-refractivity contribution < 1.29 is 0 Å². The van der Waals surface area contributed by atoms with Crippen LogP contribution >= 0.6 is 0 Å². The van der Waals surface area contributed by atoms with Gasteiger partial charge in [0.1, 0.15) is 0 Å². The van der Waals surface area contributed by atoms with Gasteiger partial charge < -0.3 is 4.57 Å². The molecule has 45 heavy (non-hydrogen) atoms. The quantitative estimate of drug-likeness (QED) is 0.202. The Balaban J connectivity index is 1.97. The number of hydrogen-bond donors (Lipinski definition) is 0. The fourth-order valence-electron chi connectivity index (χ4n) is 6.03. The summed E-state index contributed by atoms with van der Waals surface area (Å²) in [6, 6.07) is 2.33. The summed E-state index contributed by atoms with van der Waals surface area (Å²) in [6.07, 6.45) is 14.5. The molecule has 0 unspecified atom stereocenters. The fourth-order valence-corrected chi connectivity index (χ4v) is 6.03. The molecule has 5 nitrogen and oxygen atoms in total. The van der Waals surface area contributed by atoms with Crippen molar-refractivity contribution in [3.8, 4) is 0 Å². The summed E-state index contributed by atoms with van der Waals surface area (Å²) in [5, 5.41) is 10.6. The summed E-state index contributed by atoms with van der Waals surface area (Å²) < 4.78 is 6.81. The Morgan fingerprint density at radius 1 is 0.556 bits per heavy atom. The molecule has 0 aliphatic rings. The van der Waals surface area contributed by atoms with Crippen molar-refractivity contribution in [3.63, 3.8) is 0 Å². The van der Waals surface area contributed by atoms with Gasteiger partial charge in [0.2, 0.25) is 0 Å². The molecule has 0 bridgehead atoms. The molecule has 0 radical (unpaired) electrons. The van der Waals surface area contributed by atoms with E-state index in [1.165, 1.54) is 34.5 Å². The van der Waals surface area contributed by atoms with Crippen molar-refractivity contribution in [3.05, 3.63) is 58.9 Å². The molecule has 254 valence electrons. The summed E-state index contributed by atoms with van der Waals surface area (Å²) >= 11 is 0. The largest absolute Gasteiger partial charge is 0.354 e. The maximum absolute atomic E-state index is 5.36. The van der Waals surface area contributed by atoms with Gasteiger partial charge in [-0.3, -0.25) is 9.36 Å². The molecule has 3 aromatic heterocycles. The second-order valence-electron chi connectivity index (χ2n) is 20.0. The standard InChI is InChI=1S/C40H69N5/c1-35(2,3)18-22-43-21-17-31(28-43)39(13,14)25-30-27-44(23-19-36(4,5)6)42-34(30)40(15,16)26-33-32(38(10,11)12)29-45(41-33)24-20-37(7,8)9/h17,21,27-29H,18-20,22-26H2,1-16H3. The van der Waals surface area contributed by atoms with E-state index >= 15 is 0 Å². The van der Waals surface area contributed by atoms with Crippen LogP contribution in [0.3, 0.4) is 0 Å². The van der Waals surface area contributed by atoms with E-state index in [0.717, 1.165) is 45.3 Å². The fraction of sp³-hybridized carbons (Fsp3) is 0.750. The molecule has 0 N–H and O–H groups in total. The average molecular weight is 620 g/mol. The Kier molecular flexibility index (Phi) is 10.8. The summed E-state index contributed by atoms with van der Waals surface area (Å²) in [4.78, 5) is 0. The van der Waals surface area contributed by atoms with Crippen LogP contribution in [-0.4, -0.2) is 24.1 Å². The highest BCUT2D eigenvalue weighted by atomic mass is 15.3. The maximum atomic E-state index is 5.36. The normalized spacial score (nSPS) is 14.0. The van der Waals surface area contributed by atoms with Gasteiger partial charge in [-0.25, -0.2) is 0 Å². The zero-order valence-electron chi connectivity index (χ0n) is 32.3. The highest BCUT2D eigenvalue weighted by molar-refractivity contribution is 5.34. The highest BCUT2D eigenvalue weighted by Gasteiger charge is 2.34. The molecular formula is C40H69N5. The lowest BCUT2D eigenvalue weighted by molar-refractivity contribution is 0.337. The second-order valence-corrected chi connectivity index (χ2v) is 20.0. The minimum absolute atomic E-state index is 0.0131. The van der Waals surface area contributed by atoms with Crippen LogP contribution in [0.1, 0.15) is 158 Å². The van der Waals surface area contributed by atoms with Crippen molar-refractivity contribution in [2.24, 2.45) is 16.2 Å². The molecule has 3 heterocycles. The van der Waals surface area contributed by atoms with Crippen molar-refractivity contribution >= 4 is 0 Å². The molecule has 3 aromatic rings. The SMILES string of the molecule is CC(C)(C)CCn1ccc(C(C)(C)Cc2cn(CCC(C)(C)C)nc2C(C)(C)Cc2nn(CCC(C)(C)C)cc2C(C)(C)C)c1. The van der Waals surface area contributed by atoms with E-state index in [4.69, 9.17) is 10.2 Å². The third-order valence-electron chi connectivity index (χ3n) is 9.20. The molecule has 0 spiro atoms. The smallest absolute Gasteiger partial charge is 0.0716 e. The molecule has 0 amide bonds. The first-order chi connectivity index (χ1) is 20.2. The van der Waals surface area contributed by atoms with Crippen LogP contribution in [-0.2, 0) is 48.7 Å². The Morgan fingerprint density at radius 2 is 1.07 bits per heavy atom. The first-order valence-electron chi connectivity index (χ1n) is 17.5. The van der Waals surface area contributed by atoms with Crippen LogP contribution in [0, 0.1) is 16.2 Å². The monoisotopic (exact) mass is 620 g/mol. The molecule has 0 atom stereocenters. The zero-order valence-corrected chi connectivity index (χ0v) is 32.3. The van der Waals surface area contributed by atoms with Crippen LogP contribution in [0.15, 0.2) is 30.9 Å². The third kappa shape index (κ3) is 11.2. The molecule has 0 aromatic carbocycles. The number of aromatic nitrogens is 5. The third-order valence-corrected chi connectivity index (χ3v) is 9.20. The summed E-state index contributed by atoms with van der Waals surface area (Å²) in [5.41, 5.74) is 7.28. The Morgan fingerprint density at radius 3 is 1.58 bits per heavy atom. The predicted octanol–water partition coefficient (Wildman–Crippen LogP) is 10.5. The summed E-state index contributed by atoms with van der Waals surface area (Å²) in [7, 11) is 0. The Bertz CT molecular complexity index is 1380. The number of aryl methyl sites for hydroxylation is 3. The summed E-state index contributed by atoms with van der Waals surface area (Å²) in [5.74, 6) is 0. The number of rotatable bonds is 12. The van der Waals surface area contributed by atoms with Crippen molar-refractivity contribution in [1.82, 2.24) is 24.1 Å². The van der Waals surface area contributed by atoms with Gasteiger partial charge in [0.15, 0.2) is 0 Å². The molecule has 0 fully saturated rings. The minimum Gasteiger partial charge on any atom is -0.354 e. The number of nitrogens with zero attached hydrogens (tertiary/aromatic N) is 5. The van der Waals surface area contributed by atoms with E-state index < -0.39 is 0 Å². The molecule has 0 saturated carbocycles. The molecule has 5 heteroatoms. The van der Waals surface area contributed by atoms with Gasteiger partial charge in [0.25, 0.3) is 0 Å². The van der Waals surface area contributed by atoms with Crippen molar-refractivity contribution in [2.75, 3.05) is 0 Å². The van der Waals surface area contributed by atoms with Crippen LogP contribution in [0.25, 0.3) is 0 Å². The van der Waals surface area contributed by atoms with E-state index in [0.29, 0.717) is 5.41 Å². The van der Waals surface area contributed by atoms with Crippen LogP contribution in [0.5, 0.6) is 0 Å². The van der Waals surface area contributed by atoms with Crippen molar-refractivity contribution in [1.29, 1.82) is 0 Å². The molecule has 0 aliphatic carbocycles. The lowest BCUT2D eigenvalue weighted by atomic mass is 9.75. The second kappa shape index (κ2) is 13.1. The van der Waals surface area contributed by atoms with E-state index in [-0.39, 0.29) is 27.1 Å². The van der Waals surface area contributed by atoms with E-state index in [1.807, 2.05) is 0 Å². The van der Waals surface area contributed by atoms with Gasteiger partial charge in [0.05, 0.1) is 11.4 Å². The van der Waals surface area contributed by atoms with Gasteiger partial charge in [-0.05, 0) is 75.5 Å². The van der Waals surface area contributed by atoms with Crippen LogP contribution in [0.4, 0.5) is 0 Å². The predicted molar refractivity (Wildman–Crippen MR) is 193 cm³/mol. The van der Waals surface area contributed by atoms with E-state index in [9.17, 15) is 0 Å². The average Bonchev–Trinajstić information content (AvgIpc) is 3.57. The van der Waals surface area contributed by atoms with Crippen LogP contribution in [0.2, 0.25) is 0 Å². The zero-order chi connectivity index (χ0) is 34.2. The lowest BCUT2D eigenvalue weighted by Gasteiger charge is -2.29. The van der Waals surface area contributed by atoms with Gasteiger partial charge in [-0.2, -0.15) is 10.2 Å². The highest BCUT2D eigenvalue weighted by Crippen LogP contribution is 2.37. The maximum Gasteiger partial charge on any atom is 0.0716 e. The van der Waals surface area contributed by atoms with Gasteiger partial charge in [-0.15, -0.1) is 0 Å². The molecule has 0 saturated heterocycles. The lowest BCUT2D eigenvalue weighted by Crippen LogP contribution is -2.27. The van der Waals surface area contributed by atoms with Gasteiger partial charge in [0, 0.05) is 56.3 Å². The first-order valence-corrected chi connectivity index (χ1v) is 17.5. The molecular weight excluding hydrogens is 550 g/mol. The van der Waals surface area contributed by atoms with Crippen molar-refractivity contribution in [2.45, 2.75) is 179 Å². The molecule has 0 aliphatic heterocycles. The molecule has 3 rings (SSSR count). The Hall–Kier alpha value is -2.30. The van der Waals surface area contributed by atoms with Gasteiger partial charge >= 0.3 is 0 Å². The minimum atomic E-state index is -0.166. The van der Waals surface area contributed by atoms with E-state index in [2.05, 4.69) is 156 Å².